The van der Waals surface area contributed by atoms with Crippen LogP contribution in [0.4, 0.5) is 0 Å². The second-order valence-electron chi connectivity index (χ2n) is 10.4. The summed E-state index contributed by atoms with van der Waals surface area (Å²) in [7, 11) is 0. The van der Waals surface area contributed by atoms with Crippen molar-refractivity contribution in [3.63, 3.8) is 0 Å². The van der Waals surface area contributed by atoms with Crippen LogP contribution in [0.3, 0.4) is 0 Å². The average Bonchev–Trinajstić information content (AvgIpc) is 2.93. The maximum absolute atomic E-state index is 2.47. The second-order valence-corrected chi connectivity index (χ2v) is 10.4. The molecule has 0 heteroatoms. The minimum Gasteiger partial charge on any atom is -0.0616 e. The lowest BCUT2D eigenvalue weighted by Gasteiger charge is -2.22. The van der Waals surface area contributed by atoms with Crippen LogP contribution in [0.5, 0.6) is 0 Å². The van der Waals surface area contributed by atoms with E-state index in [0.29, 0.717) is 0 Å². The summed E-state index contributed by atoms with van der Waals surface area (Å²) in [6, 6.07) is 41.4. The average molecular weight is 451 g/mol. The van der Waals surface area contributed by atoms with Crippen molar-refractivity contribution >= 4 is 97.0 Å². The van der Waals surface area contributed by atoms with Crippen LogP contribution in [0.1, 0.15) is 0 Å². The topological polar surface area (TPSA) is 0 Å². The third-order valence-corrected chi connectivity index (χ3v) is 8.81. The van der Waals surface area contributed by atoms with Gasteiger partial charge in [0.2, 0.25) is 0 Å². The fraction of sp³-hybridized carbons (Fsp3) is 0. The molecule has 0 fully saturated rings. The molecule has 0 amide bonds. The van der Waals surface area contributed by atoms with Crippen LogP contribution in [0.15, 0.2) is 109 Å². The summed E-state index contributed by atoms with van der Waals surface area (Å²) in [6.07, 6.45) is 0. The molecule has 0 heterocycles. The number of hydrogen-bond acceptors (Lipinski definition) is 0. The first-order valence-electron chi connectivity index (χ1n) is 12.7. The maximum atomic E-state index is 2.47. The van der Waals surface area contributed by atoms with Gasteiger partial charge in [-0.1, -0.05) is 91.0 Å². The van der Waals surface area contributed by atoms with Gasteiger partial charge in [-0.3, -0.25) is 0 Å². The standard InChI is InChI=1S/C36H18/c1-2-10-24-23(9-1)25-11-5-8-20-16-22-18-30-27-13-4-7-19-6-3-12-26(31(19)27)28-15-14-21-17-29(24)36(32(20)25)34(22)33(21)35(28)30/h1-18H. The van der Waals surface area contributed by atoms with E-state index in [4.69, 9.17) is 0 Å². The lowest BCUT2D eigenvalue weighted by molar-refractivity contribution is 1.80. The van der Waals surface area contributed by atoms with Gasteiger partial charge in [-0.05, 0) is 115 Å². The largest absolute Gasteiger partial charge is 0.0616 e. The number of fused-ring (bicyclic) bond motifs is 5. The van der Waals surface area contributed by atoms with Gasteiger partial charge in [0.05, 0.1) is 0 Å². The lowest BCUT2D eigenvalue weighted by atomic mass is 9.81. The molecule has 0 saturated carbocycles. The SMILES string of the molecule is c1ccc2c(c1)c1cccc3cc4cc5c6cccc7cccc(c8ccc9cc2c(c31)c4c9c85)c76. The van der Waals surface area contributed by atoms with Gasteiger partial charge in [0.1, 0.15) is 0 Å². The van der Waals surface area contributed by atoms with Crippen molar-refractivity contribution in [2.75, 3.05) is 0 Å². The van der Waals surface area contributed by atoms with Crippen molar-refractivity contribution < 1.29 is 0 Å². The zero-order valence-electron chi connectivity index (χ0n) is 19.4. The number of hydrogen-bond donors (Lipinski definition) is 0. The molecule has 10 aromatic carbocycles. The van der Waals surface area contributed by atoms with Crippen LogP contribution < -0.4 is 0 Å². The molecule has 0 aromatic heterocycles. The Morgan fingerprint density at radius 3 is 1.56 bits per heavy atom. The van der Waals surface area contributed by atoms with E-state index < -0.39 is 0 Å². The fourth-order valence-electron chi connectivity index (χ4n) is 7.49. The highest BCUT2D eigenvalue weighted by Crippen LogP contribution is 2.50. The molecule has 10 rings (SSSR count). The van der Waals surface area contributed by atoms with Crippen LogP contribution in [0, 0.1) is 0 Å². The molecular weight excluding hydrogens is 432 g/mol. The van der Waals surface area contributed by atoms with Gasteiger partial charge < -0.3 is 0 Å². The van der Waals surface area contributed by atoms with Crippen molar-refractivity contribution in [2.45, 2.75) is 0 Å². The lowest BCUT2D eigenvalue weighted by Crippen LogP contribution is -1.93. The summed E-state index contributed by atoms with van der Waals surface area (Å²) >= 11 is 0. The number of benzene rings is 10. The predicted octanol–water partition coefficient (Wildman–Crippen LogP) is 10.4. The van der Waals surface area contributed by atoms with Crippen LogP contribution in [-0.2, 0) is 0 Å². The molecule has 0 nitrogen and oxygen atoms in total. The van der Waals surface area contributed by atoms with Crippen molar-refractivity contribution in [1.82, 2.24) is 0 Å². The van der Waals surface area contributed by atoms with Crippen LogP contribution in [0.25, 0.3) is 97.0 Å². The Morgan fingerprint density at radius 1 is 0.222 bits per heavy atom. The Labute approximate surface area is 206 Å². The van der Waals surface area contributed by atoms with Crippen LogP contribution in [0.2, 0.25) is 0 Å². The minimum absolute atomic E-state index is 1.32. The van der Waals surface area contributed by atoms with Crippen molar-refractivity contribution in [1.29, 1.82) is 0 Å². The molecule has 0 atom stereocenters. The molecule has 0 radical (unpaired) electrons. The molecule has 0 aliphatic rings. The van der Waals surface area contributed by atoms with Crippen LogP contribution >= 0.6 is 0 Å². The first-order chi connectivity index (χ1) is 17.9. The molecule has 0 aliphatic carbocycles. The molecular formula is C36H18. The molecule has 0 saturated heterocycles. The normalized spacial score (nSPS) is 13.0. The monoisotopic (exact) mass is 450 g/mol. The number of rotatable bonds is 0. The highest BCUT2D eigenvalue weighted by molar-refractivity contribution is 6.46. The molecule has 0 N–H and O–H groups in total. The Balaban J connectivity index is 1.63. The first-order valence-corrected chi connectivity index (χ1v) is 12.7. The van der Waals surface area contributed by atoms with Gasteiger partial charge in [0.25, 0.3) is 0 Å². The molecule has 0 spiro atoms. The second kappa shape index (κ2) is 5.75. The van der Waals surface area contributed by atoms with E-state index in [1.54, 1.807) is 0 Å². The predicted molar refractivity (Wildman–Crippen MR) is 158 cm³/mol. The third kappa shape index (κ3) is 1.83. The van der Waals surface area contributed by atoms with Gasteiger partial charge in [-0.2, -0.15) is 0 Å². The summed E-state index contributed by atoms with van der Waals surface area (Å²) in [5.74, 6) is 0. The van der Waals surface area contributed by atoms with Crippen molar-refractivity contribution in [3.05, 3.63) is 109 Å². The van der Waals surface area contributed by atoms with E-state index >= 15 is 0 Å². The quantitative estimate of drug-likeness (QED) is 0.159. The fourth-order valence-corrected chi connectivity index (χ4v) is 7.49. The molecule has 10 aromatic rings. The smallest absolute Gasteiger partial charge is 0.000763 e. The summed E-state index contributed by atoms with van der Waals surface area (Å²) in [6.45, 7) is 0. The highest BCUT2D eigenvalue weighted by Gasteiger charge is 2.22. The van der Waals surface area contributed by atoms with Gasteiger partial charge in [-0.25, -0.2) is 0 Å². The Kier molecular flexibility index (Phi) is 2.83. The maximum Gasteiger partial charge on any atom is -0.000763 e. The van der Waals surface area contributed by atoms with Crippen molar-refractivity contribution in [2.24, 2.45) is 0 Å². The summed E-state index contributed by atoms with van der Waals surface area (Å²) < 4.78 is 0. The first kappa shape index (κ1) is 17.7. The van der Waals surface area contributed by atoms with E-state index in [1.807, 2.05) is 0 Å². The summed E-state index contributed by atoms with van der Waals surface area (Å²) in [5, 5.41) is 24.6. The van der Waals surface area contributed by atoms with Crippen molar-refractivity contribution in [3.8, 4) is 0 Å². The van der Waals surface area contributed by atoms with E-state index in [0.717, 1.165) is 0 Å². The van der Waals surface area contributed by atoms with Gasteiger partial charge >= 0.3 is 0 Å². The van der Waals surface area contributed by atoms with E-state index in [2.05, 4.69) is 109 Å². The third-order valence-electron chi connectivity index (χ3n) is 8.81. The van der Waals surface area contributed by atoms with E-state index in [-0.39, 0.29) is 0 Å². The van der Waals surface area contributed by atoms with Gasteiger partial charge in [0, 0.05) is 0 Å². The molecule has 162 valence electrons. The zero-order chi connectivity index (χ0) is 23.1. The molecule has 36 heavy (non-hydrogen) atoms. The molecule has 0 aliphatic heterocycles. The Bertz CT molecular complexity index is 2510. The zero-order valence-corrected chi connectivity index (χ0v) is 19.4. The Hall–Kier alpha value is -4.68. The van der Waals surface area contributed by atoms with Gasteiger partial charge in [0.15, 0.2) is 0 Å². The van der Waals surface area contributed by atoms with Gasteiger partial charge in [-0.15, -0.1) is 0 Å². The minimum atomic E-state index is 1.32. The Morgan fingerprint density at radius 2 is 0.750 bits per heavy atom. The van der Waals surface area contributed by atoms with Crippen LogP contribution in [-0.4, -0.2) is 0 Å². The highest BCUT2D eigenvalue weighted by atomic mass is 14.2. The van der Waals surface area contributed by atoms with E-state index in [1.165, 1.54) is 97.0 Å². The molecule has 0 bridgehead atoms. The summed E-state index contributed by atoms with van der Waals surface area (Å²) in [5.41, 5.74) is 0. The van der Waals surface area contributed by atoms with E-state index in [9.17, 15) is 0 Å². The summed E-state index contributed by atoms with van der Waals surface area (Å²) in [4.78, 5) is 0. The molecule has 0 unspecified atom stereocenters.